The third kappa shape index (κ3) is 8.06. The standard InChI is InChI=1S/C30H33ClN2O6S/c1-21-6-13-26(14-7-21)40(37,38)32-27-5-3-2-4-16-33(30(27)36)19-24-17-23(18-29(34)35)10-15-28(24)39-20-22-8-11-25(31)12-9-22/h6-15,17,27,32H,2-5,16,18-20H2,1H3,(H,34,35). The molecule has 212 valence electrons. The van der Waals surface area contributed by atoms with Crippen LogP contribution in [0, 0.1) is 6.92 Å². The molecule has 0 spiro atoms. The number of hydrogen-bond donors (Lipinski definition) is 2. The van der Waals surface area contributed by atoms with Crippen LogP contribution in [0.5, 0.6) is 5.75 Å². The zero-order valence-corrected chi connectivity index (χ0v) is 23.9. The fourth-order valence-corrected chi connectivity index (χ4v) is 6.00. The molecule has 0 bridgehead atoms. The third-order valence-corrected chi connectivity index (χ3v) is 8.55. The van der Waals surface area contributed by atoms with Crippen LogP contribution >= 0.6 is 11.6 Å². The van der Waals surface area contributed by atoms with Gasteiger partial charge in [0.15, 0.2) is 0 Å². The second-order valence-electron chi connectivity index (χ2n) is 10.0. The Hall–Kier alpha value is -3.40. The number of benzene rings is 3. The molecule has 8 nitrogen and oxygen atoms in total. The van der Waals surface area contributed by atoms with Crippen molar-refractivity contribution in [3.63, 3.8) is 0 Å². The summed E-state index contributed by atoms with van der Waals surface area (Å²) in [5.74, 6) is -0.757. The number of nitrogens with one attached hydrogen (secondary N) is 1. The SMILES string of the molecule is Cc1ccc(S(=O)(=O)NC2CCCCCN(Cc3cc(CC(=O)O)ccc3OCc3ccc(Cl)cc3)C2=O)cc1. The number of carboxylic acid groups (broad SMARTS) is 1. The fraction of sp³-hybridized carbons (Fsp3) is 0.333. The zero-order valence-electron chi connectivity index (χ0n) is 22.3. The second-order valence-corrected chi connectivity index (χ2v) is 12.2. The Morgan fingerprint density at radius 2 is 1.73 bits per heavy atom. The molecule has 0 aliphatic carbocycles. The molecular formula is C30H33ClN2O6S. The van der Waals surface area contributed by atoms with E-state index in [0.717, 1.165) is 30.4 Å². The van der Waals surface area contributed by atoms with Crippen molar-refractivity contribution in [2.75, 3.05) is 6.54 Å². The molecule has 1 saturated heterocycles. The maximum Gasteiger partial charge on any atom is 0.307 e. The first-order valence-electron chi connectivity index (χ1n) is 13.2. The van der Waals surface area contributed by atoms with E-state index >= 15 is 0 Å². The minimum Gasteiger partial charge on any atom is -0.489 e. The quantitative estimate of drug-likeness (QED) is 0.343. The Balaban J connectivity index is 1.57. The molecule has 0 saturated carbocycles. The number of aryl methyl sites for hydroxylation is 1. The molecule has 1 heterocycles. The van der Waals surface area contributed by atoms with E-state index in [0.29, 0.717) is 34.9 Å². The Morgan fingerprint density at radius 3 is 2.42 bits per heavy atom. The van der Waals surface area contributed by atoms with Gasteiger partial charge in [-0.2, -0.15) is 4.72 Å². The lowest BCUT2D eigenvalue weighted by molar-refractivity contribution is -0.136. The van der Waals surface area contributed by atoms with E-state index < -0.39 is 22.0 Å². The molecule has 1 amide bonds. The summed E-state index contributed by atoms with van der Waals surface area (Å²) in [7, 11) is -3.90. The summed E-state index contributed by atoms with van der Waals surface area (Å²) in [5.41, 5.74) is 3.07. The van der Waals surface area contributed by atoms with Gasteiger partial charge in [0.2, 0.25) is 15.9 Å². The molecule has 10 heteroatoms. The molecule has 40 heavy (non-hydrogen) atoms. The Labute approximate surface area is 240 Å². The number of carbonyl (C=O) groups excluding carboxylic acids is 1. The summed E-state index contributed by atoms with van der Waals surface area (Å²) in [6, 6.07) is 18.0. The molecule has 1 aliphatic heterocycles. The number of likely N-dealkylation sites (tertiary alicyclic amines) is 1. The maximum atomic E-state index is 13.7. The minimum atomic E-state index is -3.90. The number of carbonyl (C=O) groups is 2. The van der Waals surface area contributed by atoms with Gasteiger partial charge in [-0.15, -0.1) is 0 Å². The highest BCUT2D eigenvalue weighted by Gasteiger charge is 2.31. The first kappa shape index (κ1) is 29.6. The van der Waals surface area contributed by atoms with Crippen molar-refractivity contribution in [2.45, 2.75) is 63.1 Å². The fourth-order valence-electron chi connectivity index (χ4n) is 4.65. The van der Waals surface area contributed by atoms with Gasteiger partial charge in [0.25, 0.3) is 0 Å². The number of ether oxygens (including phenoxy) is 1. The predicted molar refractivity (Wildman–Crippen MR) is 153 cm³/mol. The van der Waals surface area contributed by atoms with Crippen LogP contribution in [0.2, 0.25) is 5.02 Å². The minimum absolute atomic E-state index is 0.110. The number of carboxylic acids is 1. The Bertz CT molecular complexity index is 1440. The van der Waals surface area contributed by atoms with Gasteiger partial charge in [-0.05, 0) is 67.3 Å². The molecule has 3 aromatic carbocycles. The van der Waals surface area contributed by atoms with E-state index in [9.17, 15) is 23.1 Å². The number of aliphatic carboxylic acids is 1. The first-order valence-corrected chi connectivity index (χ1v) is 15.1. The molecule has 1 unspecified atom stereocenters. The first-order chi connectivity index (χ1) is 19.1. The summed E-state index contributed by atoms with van der Waals surface area (Å²) in [4.78, 5) is 26.8. The van der Waals surface area contributed by atoms with E-state index in [4.69, 9.17) is 16.3 Å². The van der Waals surface area contributed by atoms with Gasteiger partial charge < -0.3 is 14.7 Å². The Kier molecular flexibility index (Phi) is 9.84. The van der Waals surface area contributed by atoms with Crippen molar-refractivity contribution in [3.8, 4) is 5.75 Å². The molecule has 1 aliphatic rings. The van der Waals surface area contributed by atoms with Crippen molar-refractivity contribution < 1.29 is 27.9 Å². The molecule has 0 aromatic heterocycles. The van der Waals surface area contributed by atoms with Crippen LogP contribution in [0.4, 0.5) is 0 Å². The lowest BCUT2D eigenvalue weighted by Gasteiger charge is -2.30. The average molecular weight is 585 g/mol. The van der Waals surface area contributed by atoms with Crippen LogP contribution < -0.4 is 9.46 Å². The second kappa shape index (κ2) is 13.3. The van der Waals surface area contributed by atoms with E-state index in [-0.39, 0.29) is 30.4 Å². The van der Waals surface area contributed by atoms with Gasteiger partial charge in [-0.25, -0.2) is 8.42 Å². The van der Waals surface area contributed by atoms with Gasteiger partial charge >= 0.3 is 5.97 Å². The molecular weight excluding hydrogens is 552 g/mol. The van der Waals surface area contributed by atoms with Crippen molar-refractivity contribution in [3.05, 3.63) is 94.0 Å². The average Bonchev–Trinajstić information content (AvgIpc) is 2.90. The van der Waals surface area contributed by atoms with Gasteiger partial charge in [0.1, 0.15) is 18.4 Å². The normalized spacial score (nSPS) is 16.3. The molecule has 1 atom stereocenters. The highest BCUT2D eigenvalue weighted by molar-refractivity contribution is 7.89. The van der Waals surface area contributed by atoms with Gasteiger partial charge in [0.05, 0.1) is 11.3 Å². The Morgan fingerprint density at radius 1 is 1.02 bits per heavy atom. The van der Waals surface area contributed by atoms with E-state index in [1.807, 2.05) is 19.1 Å². The van der Waals surface area contributed by atoms with Crippen molar-refractivity contribution >= 4 is 33.5 Å². The number of nitrogens with zero attached hydrogens (tertiary/aromatic N) is 1. The number of rotatable bonds is 10. The molecule has 0 radical (unpaired) electrons. The summed E-state index contributed by atoms with van der Waals surface area (Å²) in [6.07, 6.45) is 2.57. The molecule has 4 rings (SSSR count). The van der Waals surface area contributed by atoms with Crippen molar-refractivity contribution in [1.29, 1.82) is 0 Å². The van der Waals surface area contributed by atoms with Crippen LogP contribution in [-0.4, -0.2) is 42.9 Å². The molecule has 1 fully saturated rings. The largest absolute Gasteiger partial charge is 0.489 e. The lowest BCUT2D eigenvalue weighted by Crippen LogP contribution is -2.49. The number of halogens is 1. The summed E-state index contributed by atoms with van der Waals surface area (Å²) in [5, 5.41) is 9.93. The van der Waals surface area contributed by atoms with Crippen molar-refractivity contribution in [2.24, 2.45) is 0 Å². The van der Waals surface area contributed by atoms with Crippen LogP contribution in [0.25, 0.3) is 0 Å². The van der Waals surface area contributed by atoms with E-state index in [1.54, 1.807) is 47.4 Å². The summed E-state index contributed by atoms with van der Waals surface area (Å²) in [6.45, 7) is 2.74. The van der Waals surface area contributed by atoms with Gasteiger partial charge in [0, 0.05) is 23.7 Å². The highest BCUT2D eigenvalue weighted by Crippen LogP contribution is 2.26. The summed E-state index contributed by atoms with van der Waals surface area (Å²) >= 11 is 5.98. The predicted octanol–water partition coefficient (Wildman–Crippen LogP) is 5.10. The third-order valence-electron chi connectivity index (χ3n) is 6.81. The maximum absolute atomic E-state index is 13.7. The van der Waals surface area contributed by atoms with Crippen LogP contribution in [0.15, 0.2) is 71.6 Å². The number of amides is 1. The number of hydrogen-bond acceptors (Lipinski definition) is 5. The smallest absolute Gasteiger partial charge is 0.307 e. The van der Waals surface area contributed by atoms with Crippen molar-refractivity contribution in [1.82, 2.24) is 9.62 Å². The monoisotopic (exact) mass is 584 g/mol. The van der Waals surface area contributed by atoms with Gasteiger partial charge in [-0.3, -0.25) is 9.59 Å². The summed E-state index contributed by atoms with van der Waals surface area (Å²) < 4.78 is 34.9. The molecule has 3 aromatic rings. The van der Waals surface area contributed by atoms with Crippen LogP contribution in [0.3, 0.4) is 0 Å². The molecule has 2 N–H and O–H groups in total. The van der Waals surface area contributed by atoms with E-state index in [1.165, 1.54) is 12.1 Å². The van der Waals surface area contributed by atoms with Crippen LogP contribution in [-0.2, 0) is 39.2 Å². The lowest BCUT2D eigenvalue weighted by atomic mass is 10.0. The topological polar surface area (TPSA) is 113 Å². The van der Waals surface area contributed by atoms with E-state index in [2.05, 4.69) is 4.72 Å². The number of sulfonamides is 1. The van der Waals surface area contributed by atoms with Gasteiger partial charge in [-0.1, -0.05) is 60.3 Å². The van der Waals surface area contributed by atoms with Crippen LogP contribution in [0.1, 0.15) is 47.9 Å². The zero-order chi connectivity index (χ0) is 28.7. The highest BCUT2D eigenvalue weighted by atomic mass is 35.5.